The Morgan fingerprint density at radius 1 is 0.727 bits per heavy atom. The predicted molar refractivity (Wildman–Crippen MR) is 317 cm³/mol. The molecule has 2 aliphatic heterocycles. The highest BCUT2D eigenvalue weighted by Crippen LogP contribution is 2.47. The van der Waals surface area contributed by atoms with Crippen LogP contribution < -0.4 is 10.6 Å². The third-order valence-corrected chi connectivity index (χ3v) is 15.7. The van der Waals surface area contributed by atoms with Crippen molar-refractivity contribution in [1.29, 1.82) is 10.5 Å². The smallest absolute Gasteiger partial charge is 0.328 e. The van der Waals surface area contributed by atoms with Gasteiger partial charge in [0.15, 0.2) is 82.4 Å². The summed E-state index contributed by atoms with van der Waals surface area (Å²) in [5.74, 6) is -1.77. The molecule has 472 valence electrons. The number of nitrogens with one attached hydrogen (secondary N) is 3. The van der Waals surface area contributed by atoms with E-state index >= 15 is 4.39 Å². The molecule has 0 aliphatic carbocycles. The van der Waals surface area contributed by atoms with Gasteiger partial charge in [-0.1, -0.05) is 68.1 Å². The summed E-state index contributed by atoms with van der Waals surface area (Å²) in [6.07, 6.45) is -4.52. The number of fused-ring (bicyclic) bond motifs is 2. The Kier molecular flexibility index (Phi) is 26.7. The molecular formula is C56H71F2N15O13P2. The van der Waals surface area contributed by atoms with E-state index in [1.54, 1.807) is 12.1 Å². The van der Waals surface area contributed by atoms with Gasteiger partial charge in [-0.3, -0.25) is 37.5 Å². The molecule has 0 bridgehead atoms. The van der Waals surface area contributed by atoms with Crippen LogP contribution in [0.15, 0.2) is 92.3 Å². The first-order valence-electron chi connectivity index (χ1n) is 26.8. The number of carbonyl (C=O) groups is 4. The summed E-state index contributed by atoms with van der Waals surface area (Å²) in [5, 5.41) is 30.9. The second kappa shape index (κ2) is 33.3. The normalized spacial score (nSPS) is 20.3. The van der Waals surface area contributed by atoms with E-state index < -0.39 is 83.7 Å². The van der Waals surface area contributed by atoms with Crippen molar-refractivity contribution in [3.8, 4) is 12.1 Å². The number of nitrogens with zero attached hydrogens (tertiary/aromatic N) is 12. The lowest BCUT2D eigenvalue weighted by molar-refractivity contribution is -0.153. The average molecular weight is 1260 g/mol. The van der Waals surface area contributed by atoms with Crippen molar-refractivity contribution in [1.82, 2.24) is 53.7 Å². The predicted octanol–water partition coefficient (Wildman–Crippen LogP) is 8.01. The van der Waals surface area contributed by atoms with Gasteiger partial charge >= 0.3 is 19.5 Å². The average Bonchev–Trinajstić information content (AvgIpc) is 1.71. The van der Waals surface area contributed by atoms with Crippen LogP contribution in [-0.2, 0) is 69.5 Å². The van der Waals surface area contributed by atoms with Crippen LogP contribution in [0.1, 0.15) is 97.8 Å². The summed E-state index contributed by atoms with van der Waals surface area (Å²) in [6, 6.07) is 24.1. The van der Waals surface area contributed by atoms with Gasteiger partial charge in [-0.25, -0.2) is 43.7 Å². The van der Waals surface area contributed by atoms with E-state index in [2.05, 4.69) is 114 Å². The van der Waals surface area contributed by atoms with Gasteiger partial charge in [0.2, 0.25) is 11.8 Å². The summed E-state index contributed by atoms with van der Waals surface area (Å²) < 4.78 is 86.5. The van der Waals surface area contributed by atoms with Crippen LogP contribution >= 0.6 is 15.9 Å². The summed E-state index contributed by atoms with van der Waals surface area (Å²) in [5.41, 5.74) is 3.31. The van der Waals surface area contributed by atoms with Crippen LogP contribution in [0.4, 0.5) is 20.4 Å². The standard InChI is InChI=1S/C22H25FN5O7P.C14H16FN5O5.C14H24NOP.C5H2N4.CH4/c1-13(29)27-20-18-21(25-11-24-20)28(12-26-18)22-17(23)19(34-14(2)30)16(35-22)10-33-36(3,31)32-9-15-7-5-4-6-8-15;1-6(22)19-12-10-13(17-4-16-12)20(5-18-10)14-9(15)11(24-7(2)23)8(3-21)25-14;1-12(2)15(13(3)4)17(5)16-11-14-9-7-6-8-10-14;6-1-4-5(2-7)9-3-8-4;/h4-8,11-12,16-17,19,22H,9-10H2,1-3H3,(H,24,25,27,29);4-5,8-9,11,14,21H,3H2,1-2H3,(H,16,17,19,22);6-10,12-13H,11H2,1-5H3;3H,(H,8,9);1H4/t16-,17+,19?,22-,36?;8-,9+,11?,14-;;;/m11.../s1. The third kappa shape index (κ3) is 19.2. The zero-order chi connectivity index (χ0) is 63.5. The van der Waals surface area contributed by atoms with Crippen molar-refractivity contribution in [3.63, 3.8) is 0 Å². The number of alkyl halides is 2. The van der Waals surface area contributed by atoms with Gasteiger partial charge in [0.1, 0.15) is 45.3 Å². The highest BCUT2D eigenvalue weighted by molar-refractivity contribution is 7.52. The second-order valence-corrected chi connectivity index (χ2v) is 23.5. The number of aromatic nitrogens is 10. The molecule has 2 fully saturated rings. The lowest BCUT2D eigenvalue weighted by atomic mass is 10.1. The molecule has 10 atom stereocenters. The lowest BCUT2D eigenvalue weighted by Crippen LogP contribution is -2.35. The number of aromatic amines is 1. The van der Waals surface area contributed by atoms with E-state index in [-0.39, 0.29) is 77.8 Å². The quantitative estimate of drug-likeness (QED) is 0.0440. The highest BCUT2D eigenvalue weighted by atomic mass is 31.2. The molecule has 0 radical (unpaired) electrons. The van der Waals surface area contributed by atoms with Gasteiger partial charge in [-0.2, -0.15) is 10.5 Å². The highest BCUT2D eigenvalue weighted by Gasteiger charge is 2.50. The minimum Gasteiger partial charge on any atom is -0.456 e. The first kappa shape index (κ1) is 70.6. The maximum absolute atomic E-state index is 15.5. The number of amides is 2. The molecule has 32 heteroatoms. The Morgan fingerprint density at radius 2 is 1.19 bits per heavy atom. The van der Waals surface area contributed by atoms with Gasteiger partial charge in [0.25, 0.3) is 0 Å². The van der Waals surface area contributed by atoms with Crippen LogP contribution in [0.5, 0.6) is 0 Å². The molecule has 5 aromatic heterocycles. The molecule has 4 N–H and O–H groups in total. The summed E-state index contributed by atoms with van der Waals surface area (Å²) in [7, 11) is -4.07. The number of carbonyl (C=O) groups excluding carboxylic acids is 4. The lowest BCUT2D eigenvalue weighted by Gasteiger charge is -2.35. The van der Waals surface area contributed by atoms with Crippen molar-refractivity contribution in [2.24, 2.45) is 0 Å². The Balaban J connectivity index is 0.000000235. The molecule has 0 spiro atoms. The van der Waals surface area contributed by atoms with Crippen LogP contribution in [0.3, 0.4) is 0 Å². The van der Waals surface area contributed by atoms with Crippen LogP contribution in [0.2, 0.25) is 0 Å². The molecule has 2 amide bonds. The summed E-state index contributed by atoms with van der Waals surface area (Å²) in [4.78, 5) is 75.9. The molecule has 2 aromatic carbocycles. The molecular weight excluding hydrogens is 1190 g/mol. The monoisotopic (exact) mass is 1260 g/mol. The van der Waals surface area contributed by atoms with Gasteiger partial charge in [0.05, 0.1) is 45.4 Å². The molecule has 88 heavy (non-hydrogen) atoms. The topological polar surface area (TPSA) is 361 Å². The van der Waals surface area contributed by atoms with Gasteiger partial charge < -0.3 is 53.2 Å². The SMILES string of the molecule is C.CC(=O)Nc1ncnc2c1ncn2[C@@H]1O[C@H](CO)C(OC(C)=O)[C@@H]1F.CC(=O)Nc1ncnc2c1ncn2[C@@H]1O[C@H](COP(C)(=O)OCc2ccccc2)C(OC(C)=O)[C@@H]1F.CC(C)N(C(C)C)P(C)OCc1ccccc1.N#Cc1nc[nH]c1C#N. The van der Waals surface area contributed by atoms with E-state index in [1.165, 1.54) is 66.8 Å². The number of halogens is 2. The number of aliphatic hydroxyl groups is 1. The van der Waals surface area contributed by atoms with Crippen molar-refractivity contribution < 1.29 is 70.1 Å². The first-order valence-corrected chi connectivity index (χ1v) is 30.5. The number of hydrogen-bond acceptors (Lipinski definition) is 23. The number of ether oxygens (including phenoxy) is 4. The number of aliphatic hydroxyl groups excluding tert-OH is 1. The molecule has 7 heterocycles. The Bertz CT molecular complexity index is 3520. The van der Waals surface area contributed by atoms with Crippen LogP contribution in [0, 0.1) is 22.7 Å². The van der Waals surface area contributed by atoms with E-state index in [1.807, 2.05) is 36.4 Å². The van der Waals surface area contributed by atoms with E-state index in [9.17, 15) is 33.2 Å². The minimum absolute atomic E-state index is 0. The molecule has 0 saturated carbocycles. The number of imidazole rings is 3. The van der Waals surface area contributed by atoms with Crippen molar-refractivity contribution in [2.45, 2.75) is 137 Å². The molecule has 9 rings (SSSR count). The number of benzene rings is 2. The number of rotatable bonds is 19. The van der Waals surface area contributed by atoms with Crippen molar-refractivity contribution in [3.05, 3.63) is 115 Å². The maximum atomic E-state index is 15.5. The number of anilines is 2. The molecule has 4 unspecified atom stereocenters. The van der Waals surface area contributed by atoms with Gasteiger partial charge in [-0.05, 0) is 45.5 Å². The van der Waals surface area contributed by atoms with E-state index in [0.717, 1.165) is 19.4 Å². The molecule has 7 aromatic rings. The second-order valence-electron chi connectivity index (χ2n) is 19.8. The van der Waals surface area contributed by atoms with Gasteiger partial charge in [0, 0.05) is 46.4 Å². The fourth-order valence-corrected chi connectivity index (χ4v) is 11.6. The van der Waals surface area contributed by atoms with E-state index in [4.69, 9.17) is 43.0 Å². The number of nitriles is 2. The summed E-state index contributed by atoms with van der Waals surface area (Å²) in [6.45, 7) is 17.2. The van der Waals surface area contributed by atoms with Crippen molar-refractivity contribution >= 4 is 73.6 Å². The number of H-pyrrole nitrogens is 1. The van der Waals surface area contributed by atoms with Gasteiger partial charge in [-0.15, -0.1) is 0 Å². The zero-order valence-corrected chi connectivity index (χ0v) is 50.9. The largest absolute Gasteiger partial charge is 0.456 e. The number of esters is 2. The van der Waals surface area contributed by atoms with Crippen molar-refractivity contribution in [2.75, 3.05) is 37.2 Å². The Hall–Kier alpha value is -8.15. The van der Waals surface area contributed by atoms with Crippen LogP contribution in [0.25, 0.3) is 22.3 Å². The molecule has 2 saturated heterocycles. The number of hydrogen-bond donors (Lipinski definition) is 4. The zero-order valence-electron chi connectivity index (χ0n) is 49.1. The Morgan fingerprint density at radius 3 is 1.61 bits per heavy atom. The third-order valence-electron chi connectivity index (χ3n) is 12.5. The first-order chi connectivity index (χ1) is 41.5. The maximum Gasteiger partial charge on any atom is 0.328 e. The van der Waals surface area contributed by atoms with Crippen LogP contribution in [-0.4, -0.2) is 158 Å². The fraction of sp³-hybridized carbons (Fsp3) is 0.446. The molecule has 28 nitrogen and oxygen atoms in total. The summed E-state index contributed by atoms with van der Waals surface area (Å²) >= 11 is 0. The minimum atomic E-state index is -3.55. The van der Waals surface area contributed by atoms with E-state index in [0.29, 0.717) is 18.7 Å². The fourth-order valence-electron chi connectivity index (χ4n) is 8.91. The molecule has 2 aliphatic rings. The Labute approximate surface area is 507 Å².